The Morgan fingerprint density at radius 2 is 1.83 bits per heavy atom. The monoisotopic (exact) mass is 255 g/mol. The van der Waals surface area contributed by atoms with Crippen LogP contribution in [-0.2, 0) is 0 Å². The molecule has 1 heterocycles. The number of piperidine rings is 1. The fourth-order valence-corrected chi connectivity index (χ4v) is 2.79. The molecule has 0 spiro atoms. The highest BCUT2D eigenvalue weighted by Gasteiger charge is 2.22. The molecule has 0 saturated carbocycles. The van der Waals surface area contributed by atoms with Gasteiger partial charge in [-0.2, -0.15) is 0 Å². The molecule has 3 nitrogen and oxygen atoms in total. The molecule has 1 N–H and O–H groups in total. The summed E-state index contributed by atoms with van der Waals surface area (Å²) < 4.78 is 0. The quantitative estimate of drug-likeness (QED) is 0.751. The smallest absolute Gasteiger partial charge is 0.0220 e. The third-order valence-electron chi connectivity index (χ3n) is 3.94. The third-order valence-corrected chi connectivity index (χ3v) is 3.94. The van der Waals surface area contributed by atoms with E-state index in [1.807, 2.05) is 0 Å². The van der Waals surface area contributed by atoms with Crippen molar-refractivity contribution in [3.63, 3.8) is 0 Å². The molecule has 0 radical (unpaired) electrons. The van der Waals surface area contributed by atoms with E-state index in [1.54, 1.807) is 0 Å². The predicted molar refractivity (Wildman–Crippen MR) is 80.1 cm³/mol. The first-order valence-electron chi connectivity index (χ1n) is 7.66. The fourth-order valence-electron chi connectivity index (χ4n) is 2.79. The minimum absolute atomic E-state index is 0.628. The van der Waals surface area contributed by atoms with Crippen molar-refractivity contribution < 1.29 is 0 Å². The van der Waals surface area contributed by atoms with E-state index in [4.69, 9.17) is 0 Å². The SMILES string of the molecule is CCCN1CCC(NC(CN(C)C)C(C)C)CC1. The van der Waals surface area contributed by atoms with Gasteiger partial charge in [-0.3, -0.25) is 0 Å². The van der Waals surface area contributed by atoms with Crippen LogP contribution < -0.4 is 5.32 Å². The van der Waals surface area contributed by atoms with Crippen LogP contribution in [0, 0.1) is 5.92 Å². The lowest BCUT2D eigenvalue weighted by molar-refractivity contribution is 0.175. The number of rotatable bonds is 7. The molecular formula is C15H33N3. The summed E-state index contributed by atoms with van der Waals surface area (Å²) >= 11 is 0. The van der Waals surface area contributed by atoms with E-state index < -0.39 is 0 Å². The van der Waals surface area contributed by atoms with Crippen LogP contribution in [0.2, 0.25) is 0 Å². The third kappa shape index (κ3) is 5.68. The predicted octanol–water partition coefficient (Wildman–Crippen LogP) is 2.04. The highest BCUT2D eigenvalue weighted by Crippen LogP contribution is 2.13. The molecule has 0 bridgehead atoms. The first kappa shape index (κ1) is 15.9. The van der Waals surface area contributed by atoms with Crippen LogP contribution >= 0.6 is 0 Å². The van der Waals surface area contributed by atoms with Gasteiger partial charge >= 0.3 is 0 Å². The van der Waals surface area contributed by atoms with Gasteiger partial charge in [-0.1, -0.05) is 20.8 Å². The number of hydrogen-bond acceptors (Lipinski definition) is 3. The molecule has 3 heteroatoms. The van der Waals surface area contributed by atoms with Gasteiger partial charge < -0.3 is 15.1 Å². The second kappa shape index (κ2) is 8.13. The second-order valence-corrected chi connectivity index (χ2v) is 6.40. The summed E-state index contributed by atoms with van der Waals surface area (Å²) in [4.78, 5) is 4.90. The van der Waals surface area contributed by atoms with Gasteiger partial charge in [-0.05, 0) is 58.9 Å². The average Bonchev–Trinajstić information content (AvgIpc) is 2.30. The topological polar surface area (TPSA) is 18.5 Å². The average molecular weight is 255 g/mol. The van der Waals surface area contributed by atoms with Crippen LogP contribution in [0.1, 0.15) is 40.0 Å². The summed E-state index contributed by atoms with van der Waals surface area (Å²) in [6, 6.07) is 1.35. The standard InChI is InChI=1S/C15H33N3/c1-6-9-18-10-7-14(8-11-18)16-15(13(2)3)12-17(4)5/h13-16H,6-12H2,1-5H3. The van der Waals surface area contributed by atoms with Crippen molar-refractivity contribution in [2.45, 2.75) is 52.1 Å². The second-order valence-electron chi connectivity index (χ2n) is 6.40. The van der Waals surface area contributed by atoms with E-state index in [0.29, 0.717) is 12.0 Å². The lowest BCUT2D eigenvalue weighted by Crippen LogP contribution is -2.50. The molecule has 1 rings (SSSR count). The van der Waals surface area contributed by atoms with E-state index in [1.165, 1.54) is 38.9 Å². The van der Waals surface area contributed by atoms with Crippen LogP contribution in [0.4, 0.5) is 0 Å². The van der Waals surface area contributed by atoms with Crippen molar-refractivity contribution in [1.82, 2.24) is 15.1 Å². The summed E-state index contributed by atoms with van der Waals surface area (Å²) in [6.45, 7) is 11.9. The van der Waals surface area contributed by atoms with Crippen LogP contribution in [-0.4, -0.2) is 62.2 Å². The molecule has 18 heavy (non-hydrogen) atoms. The largest absolute Gasteiger partial charge is 0.310 e. The maximum Gasteiger partial charge on any atom is 0.0220 e. The molecule has 1 atom stereocenters. The summed E-state index contributed by atoms with van der Waals surface area (Å²) in [5.41, 5.74) is 0. The molecular weight excluding hydrogens is 222 g/mol. The maximum absolute atomic E-state index is 3.88. The Labute approximate surface area is 114 Å². The summed E-state index contributed by atoms with van der Waals surface area (Å²) in [7, 11) is 4.34. The van der Waals surface area contributed by atoms with Gasteiger partial charge in [0, 0.05) is 18.6 Å². The molecule has 1 saturated heterocycles. The zero-order valence-corrected chi connectivity index (χ0v) is 13.1. The molecule has 0 aliphatic carbocycles. The van der Waals surface area contributed by atoms with Crippen LogP contribution in [0.25, 0.3) is 0 Å². The Morgan fingerprint density at radius 1 is 1.22 bits per heavy atom. The van der Waals surface area contributed by atoms with Gasteiger partial charge in [0.2, 0.25) is 0 Å². The zero-order chi connectivity index (χ0) is 13.5. The fraction of sp³-hybridized carbons (Fsp3) is 1.00. The number of nitrogens with zero attached hydrogens (tertiary/aromatic N) is 2. The van der Waals surface area contributed by atoms with Crippen molar-refractivity contribution >= 4 is 0 Å². The first-order valence-corrected chi connectivity index (χ1v) is 7.66. The molecule has 0 amide bonds. The van der Waals surface area contributed by atoms with E-state index in [0.717, 1.165) is 12.6 Å². The van der Waals surface area contributed by atoms with Gasteiger partial charge in [-0.25, -0.2) is 0 Å². The van der Waals surface area contributed by atoms with Gasteiger partial charge in [0.25, 0.3) is 0 Å². The maximum atomic E-state index is 3.88. The lowest BCUT2D eigenvalue weighted by Gasteiger charge is -2.36. The molecule has 1 aliphatic rings. The Balaban J connectivity index is 2.33. The highest BCUT2D eigenvalue weighted by atomic mass is 15.2. The minimum Gasteiger partial charge on any atom is -0.310 e. The molecule has 0 aromatic carbocycles. The molecule has 1 fully saturated rings. The Morgan fingerprint density at radius 3 is 2.28 bits per heavy atom. The van der Waals surface area contributed by atoms with Gasteiger partial charge in [-0.15, -0.1) is 0 Å². The number of likely N-dealkylation sites (tertiary alicyclic amines) is 1. The molecule has 0 aromatic heterocycles. The normalized spacial score (nSPS) is 20.8. The molecule has 108 valence electrons. The van der Waals surface area contributed by atoms with Gasteiger partial charge in [0.1, 0.15) is 0 Å². The van der Waals surface area contributed by atoms with Crippen LogP contribution in [0.3, 0.4) is 0 Å². The highest BCUT2D eigenvalue weighted by molar-refractivity contribution is 4.83. The summed E-state index contributed by atoms with van der Waals surface area (Å²) in [5, 5.41) is 3.88. The lowest BCUT2D eigenvalue weighted by atomic mass is 9.98. The first-order chi connectivity index (χ1) is 8.52. The van der Waals surface area contributed by atoms with Crippen molar-refractivity contribution in [2.75, 3.05) is 40.3 Å². The summed E-state index contributed by atoms with van der Waals surface area (Å²) in [5.74, 6) is 0.709. The number of hydrogen-bond donors (Lipinski definition) is 1. The van der Waals surface area contributed by atoms with E-state index >= 15 is 0 Å². The number of likely N-dealkylation sites (N-methyl/N-ethyl adjacent to an activating group) is 1. The molecule has 1 aliphatic heterocycles. The van der Waals surface area contributed by atoms with E-state index in [2.05, 4.69) is 50.0 Å². The van der Waals surface area contributed by atoms with Crippen molar-refractivity contribution in [2.24, 2.45) is 5.92 Å². The van der Waals surface area contributed by atoms with Crippen LogP contribution in [0.5, 0.6) is 0 Å². The van der Waals surface area contributed by atoms with Crippen LogP contribution in [0.15, 0.2) is 0 Å². The Kier molecular flexibility index (Phi) is 7.20. The molecule has 0 aromatic rings. The van der Waals surface area contributed by atoms with E-state index in [-0.39, 0.29) is 0 Å². The Bertz CT molecular complexity index is 208. The summed E-state index contributed by atoms with van der Waals surface area (Å²) in [6.07, 6.45) is 3.92. The van der Waals surface area contributed by atoms with Crippen molar-refractivity contribution in [3.8, 4) is 0 Å². The van der Waals surface area contributed by atoms with Gasteiger partial charge in [0.05, 0.1) is 0 Å². The zero-order valence-electron chi connectivity index (χ0n) is 13.1. The minimum atomic E-state index is 0.628. The molecule has 1 unspecified atom stereocenters. The van der Waals surface area contributed by atoms with Crippen molar-refractivity contribution in [1.29, 1.82) is 0 Å². The van der Waals surface area contributed by atoms with E-state index in [9.17, 15) is 0 Å². The Hall–Kier alpha value is -0.120. The number of nitrogens with one attached hydrogen (secondary N) is 1. The van der Waals surface area contributed by atoms with Crippen molar-refractivity contribution in [3.05, 3.63) is 0 Å². The van der Waals surface area contributed by atoms with Gasteiger partial charge in [0.15, 0.2) is 0 Å².